The smallest absolute Gasteiger partial charge is 0.317 e. The Balaban J connectivity index is 1.46. The highest BCUT2D eigenvalue weighted by Gasteiger charge is 2.31. The zero-order chi connectivity index (χ0) is 16.3. The van der Waals surface area contributed by atoms with Gasteiger partial charge in [0, 0.05) is 38.8 Å². The molecule has 0 radical (unpaired) electrons. The fourth-order valence-electron chi connectivity index (χ4n) is 3.72. The van der Waals surface area contributed by atoms with E-state index in [0.717, 1.165) is 58.8 Å². The van der Waals surface area contributed by atoms with E-state index in [-0.39, 0.29) is 23.6 Å². The lowest BCUT2D eigenvalue weighted by molar-refractivity contribution is 0.0248. The number of morpholine rings is 1. The van der Waals surface area contributed by atoms with Gasteiger partial charge in [-0.2, -0.15) is 0 Å². The molecular weight excluding hydrogens is 318 g/mol. The van der Waals surface area contributed by atoms with Crippen LogP contribution in [0.3, 0.4) is 0 Å². The van der Waals surface area contributed by atoms with Crippen LogP contribution in [0.2, 0.25) is 0 Å². The summed E-state index contributed by atoms with van der Waals surface area (Å²) >= 11 is 0. The van der Waals surface area contributed by atoms with Crippen LogP contribution in [0, 0.1) is 5.92 Å². The van der Waals surface area contributed by atoms with Crippen LogP contribution in [-0.4, -0.2) is 87.7 Å². The van der Waals surface area contributed by atoms with Crippen LogP contribution in [-0.2, 0) is 14.6 Å². The number of hydrogen-bond donors (Lipinski definition) is 1. The number of likely N-dealkylation sites (tertiary alicyclic amines) is 1. The first-order valence-corrected chi connectivity index (χ1v) is 10.4. The monoisotopic (exact) mass is 345 g/mol. The van der Waals surface area contributed by atoms with E-state index in [9.17, 15) is 13.2 Å². The molecule has 7 nitrogen and oxygen atoms in total. The summed E-state index contributed by atoms with van der Waals surface area (Å²) < 4.78 is 28.4. The molecule has 0 aromatic carbocycles. The topological polar surface area (TPSA) is 79.0 Å². The fourth-order valence-corrected chi connectivity index (χ4v) is 5.40. The van der Waals surface area contributed by atoms with Crippen LogP contribution in [0.5, 0.6) is 0 Å². The van der Waals surface area contributed by atoms with Gasteiger partial charge in [-0.1, -0.05) is 0 Å². The van der Waals surface area contributed by atoms with Crippen molar-refractivity contribution >= 4 is 15.9 Å². The Hall–Kier alpha value is -0.860. The maximum absolute atomic E-state index is 12.4. The number of amides is 2. The lowest BCUT2D eigenvalue weighted by Gasteiger charge is -2.37. The second-order valence-corrected chi connectivity index (χ2v) is 9.15. The molecule has 8 heteroatoms. The van der Waals surface area contributed by atoms with Crippen molar-refractivity contribution in [3.05, 3.63) is 0 Å². The third-order valence-corrected chi connectivity index (χ3v) is 6.75. The number of rotatable bonds is 3. The van der Waals surface area contributed by atoms with Gasteiger partial charge >= 0.3 is 6.03 Å². The minimum absolute atomic E-state index is 0.0871. The summed E-state index contributed by atoms with van der Waals surface area (Å²) in [5.74, 6) is 0.779. The van der Waals surface area contributed by atoms with E-state index >= 15 is 0 Å². The molecule has 23 heavy (non-hydrogen) atoms. The van der Waals surface area contributed by atoms with E-state index in [2.05, 4.69) is 10.2 Å². The Kier molecular flexibility index (Phi) is 5.43. The molecule has 0 aliphatic carbocycles. The summed E-state index contributed by atoms with van der Waals surface area (Å²) in [4.78, 5) is 16.7. The minimum Gasteiger partial charge on any atom is -0.379 e. The van der Waals surface area contributed by atoms with Gasteiger partial charge in [-0.3, -0.25) is 4.90 Å². The maximum atomic E-state index is 12.4. The van der Waals surface area contributed by atoms with E-state index in [1.807, 2.05) is 4.90 Å². The van der Waals surface area contributed by atoms with Gasteiger partial charge in [0.2, 0.25) is 0 Å². The number of hydrogen-bond acceptors (Lipinski definition) is 5. The van der Waals surface area contributed by atoms with Crippen molar-refractivity contribution < 1.29 is 17.9 Å². The molecule has 0 aromatic rings. The third-order valence-electron chi connectivity index (χ3n) is 4.99. The first kappa shape index (κ1) is 17.0. The molecule has 3 aliphatic heterocycles. The molecule has 1 unspecified atom stereocenters. The molecule has 3 aliphatic rings. The Morgan fingerprint density at radius 3 is 2.65 bits per heavy atom. The number of piperidine rings is 1. The lowest BCUT2D eigenvalue weighted by Crippen LogP contribution is -2.51. The molecule has 0 aromatic heterocycles. The molecule has 3 fully saturated rings. The molecule has 2 atom stereocenters. The molecule has 3 rings (SSSR count). The van der Waals surface area contributed by atoms with Crippen molar-refractivity contribution in [3.8, 4) is 0 Å². The Morgan fingerprint density at radius 1 is 1.17 bits per heavy atom. The summed E-state index contributed by atoms with van der Waals surface area (Å²) in [7, 11) is -2.95. The molecule has 0 bridgehead atoms. The first-order chi connectivity index (χ1) is 11.0. The average Bonchev–Trinajstić information content (AvgIpc) is 2.87. The van der Waals surface area contributed by atoms with Gasteiger partial charge < -0.3 is 15.0 Å². The SMILES string of the molecule is O=C(NC1CCS(=O)(=O)C1)N1CCC[C@H](CN2CCOCC2)C1. The fraction of sp³-hybridized carbons (Fsp3) is 0.933. The van der Waals surface area contributed by atoms with E-state index < -0.39 is 9.84 Å². The number of sulfone groups is 1. The second-order valence-electron chi connectivity index (χ2n) is 6.92. The van der Waals surface area contributed by atoms with Crippen LogP contribution in [0.4, 0.5) is 4.79 Å². The molecular formula is C15H27N3O4S. The van der Waals surface area contributed by atoms with Crippen LogP contribution in [0.15, 0.2) is 0 Å². The van der Waals surface area contributed by atoms with Crippen molar-refractivity contribution in [1.29, 1.82) is 0 Å². The molecule has 0 spiro atoms. The largest absolute Gasteiger partial charge is 0.379 e. The van der Waals surface area contributed by atoms with Crippen LogP contribution >= 0.6 is 0 Å². The van der Waals surface area contributed by atoms with Crippen molar-refractivity contribution in [2.24, 2.45) is 5.92 Å². The Bertz CT molecular complexity index is 519. The van der Waals surface area contributed by atoms with E-state index in [1.165, 1.54) is 0 Å². The molecule has 3 saturated heterocycles. The van der Waals surface area contributed by atoms with E-state index in [0.29, 0.717) is 12.3 Å². The quantitative estimate of drug-likeness (QED) is 0.774. The van der Waals surface area contributed by atoms with Crippen LogP contribution < -0.4 is 5.32 Å². The van der Waals surface area contributed by atoms with Crippen molar-refractivity contribution in [3.63, 3.8) is 0 Å². The normalized spacial score (nSPS) is 31.9. The van der Waals surface area contributed by atoms with Crippen molar-refractivity contribution in [2.45, 2.75) is 25.3 Å². The number of ether oxygens (including phenoxy) is 1. The standard InChI is InChI=1S/C15H27N3O4S/c19-15(16-14-3-9-23(20,21)12-14)18-4-1-2-13(11-18)10-17-5-7-22-8-6-17/h13-14H,1-12H2,(H,16,19)/t13-,14?/m1/s1. The Morgan fingerprint density at radius 2 is 1.96 bits per heavy atom. The highest BCUT2D eigenvalue weighted by molar-refractivity contribution is 7.91. The third kappa shape index (κ3) is 4.81. The highest BCUT2D eigenvalue weighted by Crippen LogP contribution is 2.19. The Labute approximate surface area is 138 Å². The number of nitrogens with one attached hydrogen (secondary N) is 1. The van der Waals surface area contributed by atoms with Gasteiger partial charge in [0.15, 0.2) is 9.84 Å². The van der Waals surface area contributed by atoms with Crippen LogP contribution in [0.25, 0.3) is 0 Å². The zero-order valence-corrected chi connectivity index (χ0v) is 14.4. The summed E-state index contributed by atoms with van der Waals surface area (Å²) in [6.07, 6.45) is 2.71. The number of urea groups is 1. The van der Waals surface area contributed by atoms with Crippen molar-refractivity contribution in [1.82, 2.24) is 15.1 Å². The predicted octanol–water partition coefficient (Wildman–Crippen LogP) is -0.0727. The van der Waals surface area contributed by atoms with Gasteiger partial charge in [-0.15, -0.1) is 0 Å². The summed E-state index contributed by atoms with van der Waals surface area (Å²) in [5, 5.41) is 2.90. The van der Waals surface area contributed by atoms with Gasteiger partial charge in [0.25, 0.3) is 0 Å². The number of carbonyl (C=O) groups is 1. The zero-order valence-electron chi connectivity index (χ0n) is 13.6. The van der Waals surface area contributed by atoms with Gasteiger partial charge in [0.05, 0.1) is 24.7 Å². The minimum atomic E-state index is -2.95. The van der Waals surface area contributed by atoms with E-state index in [1.54, 1.807) is 0 Å². The molecule has 1 N–H and O–H groups in total. The summed E-state index contributed by atoms with van der Waals surface area (Å²) in [5.41, 5.74) is 0. The predicted molar refractivity (Wildman–Crippen MR) is 87.1 cm³/mol. The molecule has 0 saturated carbocycles. The first-order valence-electron chi connectivity index (χ1n) is 8.58. The molecule has 132 valence electrons. The van der Waals surface area contributed by atoms with Gasteiger partial charge in [-0.25, -0.2) is 13.2 Å². The summed E-state index contributed by atoms with van der Waals surface area (Å²) in [6, 6.07) is -0.314. The number of nitrogens with zero attached hydrogens (tertiary/aromatic N) is 2. The lowest BCUT2D eigenvalue weighted by atomic mass is 9.97. The highest BCUT2D eigenvalue weighted by atomic mass is 32.2. The second kappa shape index (κ2) is 7.36. The average molecular weight is 345 g/mol. The van der Waals surface area contributed by atoms with Crippen LogP contribution in [0.1, 0.15) is 19.3 Å². The van der Waals surface area contributed by atoms with E-state index in [4.69, 9.17) is 4.74 Å². The molecule has 2 amide bonds. The van der Waals surface area contributed by atoms with Crippen molar-refractivity contribution in [2.75, 3.05) is 57.4 Å². The van der Waals surface area contributed by atoms with Gasteiger partial charge in [-0.05, 0) is 25.2 Å². The maximum Gasteiger partial charge on any atom is 0.317 e. The van der Waals surface area contributed by atoms with Gasteiger partial charge in [0.1, 0.15) is 0 Å². The summed E-state index contributed by atoms with van der Waals surface area (Å²) in [6.45, 7) is 6.10. The number of carbonyl (C=O) groups excluding carboxylic acids is 1. The molecule has 3 heterocycles.